The second-order valence-corrected chi connectivity index (χ2v) is 7.92. The predicted octanol–water partition coefficient (Wildman–Crippen LogP) is 2.24. The molecular weight excluding hydrogens is 311 g/mol. The van der Waals surface area contributed by atoms with E-state index in [0.29, 0.717) is 0 Å². The van der Waals surface area contributed by atoms with Gasteiger partial charge in [-0.15, -0.1) is 0 Å². The first kappa shape index (κ1) is 21.1. The first-order valence-electron chi connectivity index (χ1n) is 7.33. The molecule has 0 aromatic carbocycles. The summed E-state index contributed by atoms with van der Waals surface area (Å²) in [6.45, 7) is 9.46. The molecule has 7 nitrogen and oxygen atoms in total. The molecule has 0 bridgehead atoms. The summed E-state index contributed by atoms with van der Waals surface area (Å²) in [7, 11) is -4.96. The van der Waals surface area contributed by atoms with Gasteiger partial charge in [0.2, 0.25) is 0 Å². The third-order valence-corrected chi connectivity index (χ3v) is 5.21. The lowest BCUT2D eigenvalue weighted by molar-refractivity contribution is -0.167. The Labute approximate surface area is 131 Å². The number of carbonyl (C=O) groups is 2. The molecule has 0 saturated heterocycles. The van der Waals surface area contributed by atoms with E-state index in [1.807, 2.05) is 0 Å². The van der Waals surface area contributed by atoms with Gasteiger partial charge < -0.3 is 19.3 Å². The van der Waals surface area contributed by atoms with Crippen molar-refractivity contribution in [3.63, 3.8) is 0 Å². The minimum absolute atomic E-state index is 0.0364. The molecule has 0 fully saturated rings. The van der Waals surface area contributed by atoms with Gasteiger partial charge in [-0.2, -0.15) is 0 Å². The lowest BCUT2D eigenvalue weighted by Gasteiger charge is -2.37. The van der Waals surface area contributed by atoms with Gasteiger partial charge in [-0.25, -0.2) is 0 Å². The monoisotopic (exact) mass is 338 g/mol. The third-order valence-electron chi connectivity index (χ3n) is 3.36. The van der Waals surface area contributed by atoms with E-state index in [2.05, 4.69) is 0 Å². The van der Waals surface area contributed by atoms with Crippen molar-refractivity contribution in [3.8, 4) is 0 Å². The highest BCUT2D eigenvalue weighted by atomic mass is 31.2. The quantitative estimate of drug-likeness (QED) is 0.541. The van der Waals surface area contributed by atoms with E-state index in [-0.39, 0.29) is 19.4 Å². The molecule has 2 unspecified atom stereocenters. The maximum atomic E-state index is 12.4. The summed E-state index contributed by atoms with van der Waals surface area (Å²) in [5.41, 5.74) is -0.826. The molecule has 0 rings (SSSR count). The Morgan fingerprint density at radius 2 is 1.64 bits per heavy atom. The van der Waals surface area contributed by atoms with E-state index in [1.165, 1.54) is 13.8 Å². The molecule has 0 aliphatic rings. The topological polar surface area (TPSA) is 110 Å². The van der Waals surface area contributed by atoms with Crippen molar-refractivity contribution in [3.05, 3.63) is 0 Å². The summed E-state index contributed by atoms with van der Waals surface area (Å²) < 4.78 is 22.1. The van der Waals surface area contributed by atoms with Crippen molar-refractivity contribution in [1.82, 2.24) is 0 Å². The number of rotatable bonds is 7. The maximum Gasteiger partial charge on any atom is 0.343 e. The molecule has 0 amide bonds. The fourth-order valence-corrected chi connectivity index (χ4v) is 3.80. The minimum atomic E-state index is -4.96. The van der Waals surface area contributed by atoms with E-state index >= 15 is 0 Å². The van der Waals surface area contributed by atoms with Crippen LogP contribution in [-0.4, -0.2) is 39.1 Å². The standard InChI is InChI=1S/C14H27O7P/c1-7-10(11(15)21-13(4,5)6)14(8-2,22(17,18)19)12(16)20-9-3/h10H,7-9H2,1-6H3,(H2,17,18,19). The van der Waals surface area contributed by atoms with Crippen molar-refractivity contribution in [2.75, 3.05) is 6.61 Å². The Morgan fingerprint density at radius 3 is 1.91 bits per heavy atom. The lowest BCUT2D eigenvalue weighted by Crippen LogP contribution is -2.50. The number of hydrogen-bond donors (Lipinski definition) is 2. The molecule has 0 aromatic heterocycles. The highest BCUT2D eigenvalue weighted by molar-refractivity contribution is 7.54. The van der Waals surface area contributed by atoms with Gasteiger partial charge >= 0.3 is 19.5 Å². The molecule has 130 valence electrons. The zero-order valence-electron chi connectivity index (χ0n) is 14.1. The fraction of sp³-hybridized carbons (Fsp3) is 0.857. The second-order valence-electron chi connectivity index (χ2n) is 6.04. The normalized spacial score (nSPS) is 16.5. The van der Waals surface area contributed by atoms with Crippen molar-refractivity contribution in [1.29, 1.82) is 0 Å². The minimum Gasteiger partial charge on any atom is -0.465 e. The second kappa shape index (κ2) is 7.57. The number of ether oxygens (including phenoxy) is 2. The molecule has 0 aliphatic heterocycles. The van der Waals surface area contributed by atoms with Crippen LogP contribution in [-0.2, 0) is 23.6 Å². The van der Waals surface area contributed by atoms with Gasteiger partial charge in [0.15, 0.2) is 5.16 Å². The summed E-state index contributed by atoms with van der Waals surface area (Å²) in [5.74, 6) is -3.16. The van der Waals surface area contributed by atoms with Crippen LogP contribution < -0.4 is 0 Å². The molecule has 2 N–H and O–H groups in total. The third kappa shape index (κ3) is 4.54. The number of esters is 2. The SMILES string of the molecule is CCOC(=O)C(CC)(C(CC)C(=O)OC(C)(C)C)P(=O)(O)O. The first-order valence-corrected chi connectivity index (χ1v) is 8.94. The molecular formula is C14H27O7P. The molecule has 0 radical (unpaired) electrons. The zero-order chi connectivity index (χ0) is 17.8. The van der Waals surface area contributed by atoms with Crippen LogP contribution in [0.5, 0.6) is 0 Å². The van der Waals surface area contributed by atoms with Gasteiger partial charge in [0, 0.05) is 0 Å². The maximum absolute atomic E-state index is 12.4. The molecule has 0 saturated carbocycles. The summed E-state index contributed by atoms with van der Waals surface area (Å²) in [6, 6.07) is 0. The van der Waals surface area contributed by atoms with Gasteiger partial charge in [-0.1, -0.05) is 13.8 Å². The molecule has 2 atom stereocenters. The van der Waals surface area contributed by atoms with Gasteiger partial charge in [-0.3, -0.25) is 14.2 Å². The van der Waals surface area contributed by atoms with Crippen molar-refractivity contribution >= 4 is 19.5 Å². The lowest BCUT2D eigenvalue weighted by atomic mass is 9.86. The van der Waals surface area contributed by atoms with Gasteiger partial charge in [-0.05, 0) is 40.5 Å². The Bertz CT molecular complexity index is 449. The van der Waals surface area contributed by atoms with E-state index in [4.69, 9.17) is 9.47 Å². The zero-order valence-corrected chi connectivity index (χ0v) is 15.0. The van der Waals surface area contributed by atoms with E-state index < -0.39 is 36.2 Å². The fourth-order valence-electron chi connectivity index (χ4n) is 2.39. The molecule has 8 heteroatoms. The highest BCUT2D eigenvalue weighted by Crippen LogP contribution is 2.58. The Hall–Kier alpha value is -0.910. The molecule has 0 spiro atoms. The smallest absolute Gasteiger partial charge is 0.343 e. The van der Waals surface area contributed by atoms with E-state index in [9.17, 15) is 23.9 Å². The first-order chi connectivity index (χ1) is 9.87. The van der Waals surface area contributed by atoms with Gasteiger partial charge in [0.25, 0.3) is 0 Å². The number of carbonyl (C=O) groups excluding carboxylic acids is 2. The van der Waals surface area contributed by atoms with Gasteiger partial charge in [0.1, 0.15) is 5.60 Å². The average Bonchev–Trinajstić information content (AvgIpc) is 2.31. The Morgan fingerprint density at radius 1 is 1.14 bits per heavy atom. The van der Waals surface area contributed by atoms with Crippen LogP contribution in [0.1, 0.15) is 54.4 Å². The van der Waals surface area contributed by atoms with Crippen LogP contribution in [0.2, 0.25) is 0 Å². The summed E-state index contributed by atoms with van der Waals surface area (Å²) >= 11 is 0. The van der Waals surface area contributed by atoms with Crippen molar-refractivity contribution in [2.45, 2.75) is 65.1 Å². The molecule has 0 aliphatic carbocycles. The van der Waals surface area contributed by atoms with Crippen LogP contribution in [0.3, 0.4) is 0 Å². The summed E-state index contributed by atoms with van der Waals surface area (Å²) in [4.78, 5) is 44.2. The van der Waals surface area contributed by atoms with Crippen LogP contribution in [0.4, 0.5) is 0 Å². The van der Waals surface area contributed by atoms with Crippen molar-refractivity contribution in [2.24, 2.45) is 5.92 Å². The van der Waals surface area contributed by atoms with E-state index in [0.717, 1.165) is 0 Å². The van der Waals surface area contributed by atoms with Crippen LogP contribution in [0, 0.1) is 5.92 Å². The predicted molar refractivity (Wildman–Crippen MR) is 81.3 cm³/mol. The van der Waals surface area contributed by atoms with Crippen LogP contribution in [0.25, 0.3) is 0 Å². The number of hydrogen-bond acceptors (Lipinski definition) is 5. The largest absolute Gasteiger partial charge is 0.465 e. The Balaban J connectivity index is 5.98. The molecule has 0 heterocycles. The summed E-state index contributed by atoms with van der Waals surface area (Å²) in [5, 5.41) is -2.22. The van der Waals surface area contributed by atoms with Crippen molar-refractivity contribution < 1.29 is 33.4 Å². The molecule has 0 aromatic rings. The van der Waals surface area contributed by atoms with Gasteiger partial charge in [0.05, 0.1) is 12.5 Å². The van der Waals surface area contributed by atoms with Crippen LogP contribution in [0.15, 0.2) is 0 Å². The summed E-state index contributed by atoms with van der Waals surface area (Å²) in [6.07, 6.45) is -0.180. The molecule has 22 heavy (non-hydrogen) atoms. The average molecular weight is 338 g/mol. The van der Waals surface area contributed by atoms with Crippen LogP contribution >= 0.6 is 7.60 Å². The Kier molecular flexibility index (Phi) is 7.26. The highest BCUT2D eigenvalue weighted by Gasteiger charge is 2.61. The van der Waals surface area contributed by atoms with E-state index in [1.54, 1.807) is 27.7 Å².